The number of ether oxygens (including phenoxy) is 3. The van der Waals surface area contributed by atoms with Gasteiger partial charge >= 0.3 is 29.6 Å². The van der Waals surface area contributed by atoms with Crippen LogP contribution in [-0.4, -0.2) is 70.0 Å². The van der Waals surface area contributed by atoms with Crippen molar-refractivity contribution < 1.29 is 26.8 Å². The van der Waals surface area contributed by atoms with Crippen LogP contribution in [0.3, 0.4) is 0 Å². The molecule has 1 aromatic rings. The molecule has 6 nitrogen and oxygen atoms in total. The number of thiol groups is 1. The van der Waals surface area contributed by atoms with Crippen molar-refractivity contribution >= 4 is 51.9 Å². The Hall–Kier alpha value is 0.170. The second-order valence-electron chi connectivity index (χ2n) is 5.82. The molecule has 2 heterocycles. The van der Waals surface area contributed by atoms with Gasteiger partial charge in [-0.05, 0) is 12.8 Å². The van der Waals surface area contributed by atoms with E-state index in [0.717, 1.165) is 43.6 Å². The third-order valence-electron chi connectivity index (χ3n) is 3.81. The maximum absolute atomic E-state index is 10.8. The van der Waals surface area contributed by atoms with E-state index in [1.807, 2.05) is 10.8 Å². The Morgan fingerprint density at radius 3 is 2.80 bits per heavy atom. The van der Waals surface area contributed by atoms with E-state index < -0.39 is 11.0 Å². The Balaban J connectivity index is 0.00000312. The van der Waals surface area contributed by atoms with Gasteiger partial charge in [0.1, 0.15) is 6.61 Å². The Labute approximate surface area is 177 Å². The first kappa shape index (κ1) is 23.2. The first-order valence-electron chi connectivity index (χ1n) is 8.43. The molecule has 1 aliphatic rings. The van der Waals surface area contributed by atoms with Crippen LogP contribution in [0.2, 0.25) is 0 Å². The standard InChI is InChI=1S/C16H26O6S2.Na.H/c1-2-3-4-5-6-13(22-24(17)18)7-8-19-9-14-10-20-15-11-23-12-16(15)21-14;;/h11-14,24H,2-10H2,1H3;;. The second kappa shape index (κ2) is 13.4. The summed E-state index contributed by atoms with van der Waals surface area (Å²) in [5.41, 5.74) is 0. The van der Waals surface area contributed by atoms with E-state index >= 15 is 0 Å². The molecule has 0 saturated carbocycles. The first-order chi connectivity index (χ1) is 11.7. The molecule has 0 N–H and O–H groups in total. The SMILES string of the molecule is CCCCCCC(CCOCC1COc2cscc2O1)O[SH](=O)=O.[NaH]. The summed E-state index contributed by atoms with van der Waals surface area (Å²) in [6.45, 7) is 3.47. The van der Waals surface area contributed by atoms with Crippen LogP contribution in [0.15, 0.2) is 10.8 Å². The van der Waals surface area contributed by atoms with Gasteiger partial charge in [0, 0.05) is 17.4 Å². The van der Waals surface area contributed by atoms with Crippen molar-refractivity contribution in [2.24, 2.45) is 0 Å². The van der Waals surface area contributed by atoms with E-state index in [9.17, 15) is 8.42 Å². The number of unbranched alkanes of at least 4 members (excludes halogenated alkanes) is 3. The third kappa shape index (κ3) is 9.08. The molecule has 0 radical (unpaired) electrons. The summed E-state index contributed by atoms with van der Waals surface area (Å²) in [5, 5.41) is 3.82. The van der Waals surface area contributed by atoms with Gasteiger partial charge in [0.15, 0.2) is 17.6 Å². The molecule has 140 valence electrons. The average Bonchev–Trinajstić information content (AvgIpc) is 3.02. The van der Waals surface area contributed by atoms with Crippen molar-refractivity contribution in [2.45, 2.75) is 57.7 Å². The van der Waals surface area contributed by atoms with Crippen molar-refractivity contribution in [3.05, 3.63) is 10.8 Å². The van der Waals surface area contributed by atoms with Crippen LogP contribution in [-0.2, 0) is 19.9 Å². The number of thiophene rings is 1. The van der Waals surface area contributed by atoms with Gasteiger partial charge in [-0.2, -0.15) is 0 Å². The molecule has 0 aliphatic carbocycles. The molecule has 2 rings (SSSR count). The van der Waals surface area contributed by atoms with Crippen molar-refractivity contribution in [3.8, 4) is 11.5 Å². The van der Waals surface area contributed by atoms with Gasteiger partial charge in [0.25, 0.3) is 11.0 Å². The number of rotatable bonds is 12. The van der Waals surface area contributed by atoms with Gasteiger partial charge in [-0.1, -0.05) is 32.6 Å². The van der Waals surface area contributed by atoms with Crippen molar-refractivity contribution in [1.82, 2.24) is 0 Å². The maximum atomic E-state index is 10.8. The summed E-state index contributed by atoms with van der Waals surface area (Å²) in [6, 6.07) is 0. The van der Waals surface area contributed by atoms with Gasteiger partial charge < -0.3 is 14.2 Å². The monoisotopic (exact) mass is 402 g/mol. The zero-order chi connectivity index (χ0) is 17.2. The predicted molar refractivity (Wildman–Crippen MR) is 101 cm³/mol. The zero-order valence-electron chi connectivity index (χ0n) is 14.0. The molecule has 1 aromatic heterocycles. The molecular formula is C16H27NaO6S2. The van der Waals surface area contributed by atoms with Crippen LogP contribution in [0.1, 0.15) is 45.4 Å². The van der Waals surface area contributed by atoms with E-state index in [1.54, 1.807) is 11.3 Å². The summed E-state index contributed by atoms with van der Waals surface area (Å²) < 4.78 is 43.6. The average molecular weight is 403 g/mol. The molecule has 0 fully saturated rings. The third-order valence-corrected chi connectivity index (χ3v) is 4.98. The molecule has 0 bridgehead atoms. The fourth-order valence-electron chi connectivity index (χ4n) is 2.54. The molecule has 0 aromatic carbocycles. The minimum atomic E-state index is -2.82. The van der Waals surface area contributed by atoms with Crippen LogP contribution in [0.25, 0.3) is 0 Å². The van der Waals surface area contributed by atoms with Crippen LogP contribution in [0.5, 0.6) is 11.5 Å². The van der Waals surface area contributed by atoms with Gasteiger partial charge in [0.05, 0.1) is 12.7 Å². The van der Waals surface area contributed by atoms with Crippen LogP contribution in [0.4, 0.5) is 0 Å². The van der Waals surface area contributed by atoms with E-state index in [-0.39, 0.29) is 41.8 Å². The Bertz CT molecular complexity index is 540. The molecule has 25 heavy (non-hydrogen) atoms. The number of fused-ring (bicyclic) bond motifs is 1. The van der Waals surface area contributed by atoms with E-state index in [0.29, 0.717) is 26.2 Å². The fraction of sp³-hybridized carbons (Fsp3) is 0.750. The number of hydrogen-bond acceptors (Lipinski definition) is 7. The molecule has 9 heteroatoms. The van der Waals surface area contributed by atoms with Gasteiger partial charge in [-0.15, -0.1) is 11.3 Å². The topological polar surface area (TPSA) is 71.1 Å². The van der Waals surface area contributed by atoms with E-state index in [4.69, 9.17) is 18.4 Å². The fourth-order valence-corrected chi connectivity index (χ4v) is 3.67. The predicted octanol–water partition coefficient (Wildman–Crippen LogP) is 2.53. The molecule has 2 atom stereocenters. The summed E-state index contributed by atoms with van der Waals surface area (Å²) in [6.07, 6.45) is 5.27. The van der Waals surface area contributed by atoms with Crippen LogP contribution >= 0.6 is 11.3 Å². The zero-order valence-corrected chi connectivity index (χ0v) is 15.7. The van der Waals surface area contributed by atoms with Gasteiger partial charge in [0.2, 0.25) is 0 Å². The molecule has 1 aliphatic heterocycles. The van der Waals surface area contributed by atoms with Crippen molar-refractivity contribution in [3.63, 3.8) is 0 Å². The van der Waals surface area contributed by atoms with Crippen molar-refractivity contribution in [1.29, 1.82) is 0 Å². The normalized spacial score (nSPS) is 17.3. The summed E-state index contributed by atoms with van der Waals surface area (Å²) in [5.74, 6) is 1.55. The summed E-state index contributed by atoms with van der Waals surface area (Å²) in [7, 11) is -2.82. The Morgan fingerprint density at radius 2 is 2.04 bits per heavy atom. The molecule has 0 saturated heterocycles. The quantitative estimate of drug-likeness (QED) is 0.329. The van der Waals surface area contributed by atoms with Crippen molar-refractivity contribution in [2.75, 3.05) is 19.8 Å². The molecule has 0 amide bonds. The Morgan fingerprint density at radius 1 is 1.24 bits per heavy atom. The minimum absolute atomic E-state index is 0. The van der Waals surface area contributed by atoms with Crippen LogP contribution in [0, 0.1) is 0 Å². The summed E-state index contributed by atoms with van der Waals surface area (Å²) in [4.78, 5) is 0. The summed E-state index contributed by atoms with van der Waals surface area (Å²) >= 11 is 1.54. The van der Waals surface area contributed by atoms with Gasteiger partial charge in [-0.25, -0.2) is 8.42 Å². The van der Waals surface area contributed by atoms with Crippen LogP contribution < -0.4 is 9.47 Å². The van der Waals surface area contributed by atoms with E-state index in [2.05, 4.69) is 6.92 Å². The molecular weight excluding hydrogens is 375 g/mol. The Kier molecular flexibility index (Phi) is 12.4. The van der Waals surface area contributed by atoms with Gasteiger partial charge in [-0.3, -0.25) is 4.18 Å². The second-order valence-corrected chi connectivity index (χ2v) is 7.22. The first-order valence-corrected chi connectivity index (χ1v) is 10.5. The van der Waals surface area contributed by atoms with E-state index in [1.165, 1.54) is 0 Å². The molecule has 0 spiro atoms. The molecule has 2 unspecified atom stereocenters. The number of hydrogen-bond donors (Lipinski definition) is 1.